The van der Waals surface area contributed by atoms with Gasteiger partial charge in [0.2, 0.25) is 0 Å². The van der Waals surface area contributed by atoms with Crippen molar-refractivity contribution in [2.75, 3.05) is 5.75 Å². The van der Waals surface area contributed by atoms with Crippen molar-refractivity contribution >= 4 is 26.7 Å². The predicted octanol–water partition coefficient (Wildman–Crippen LogP) is 3.15. The zero-order chi connectivity index (χ0) is 10.2. The van der Waals surface area contributed by atoms with Crippen molar-refractivity contribution in [2.45, 2.75) is 12.5 Å². The van der Waals surface area contributed by atoms with Crippen LogP contribution in [0.5, 0.6) is 0 Å². The summed E-state index contributed by atoms with van der Waals surface area (Å²) in [5, 5.41) is 0. The number of hydrogen-bond acceptors (Lipinski definition) is 3. The number of benzene rings is 1. The first kappa shape index (κ1) is 10.4. The molecule has 3 N–H and O–H groups in total. The zero-order valence-electron chi connectivity index (χ0n) is 7.48. The van der Waals surface area contributed by atoms with Gasteiger partial charge in [-0.15, -0.1) is 10.8 Å². The second-order valence-electron chi connectivity index (χ2n) is 3.35. The molecule has 0 radical (unpaired) electrons. The topological polar surface area (TPSA) is 52.5 Å². The average molecular weight is 278 g/mol. The Balaban J connectivity index is 2.22. The third kappa shape index (κ3) is 2.12. The summed E-state index contributed by atoms with van der Waals surface area (Å²) in [4.78, 5) is 0. The zero-order valence-corrected chi connectivity index (χ0v) is 9.88. The summed E-state index contributed by atoms with van der Waals surface area (Å²) in [7, 11) is -2.53. The Morgan fingerprint density at radius 3 is 2.64 bits per heavy atom. The van der Waals surface area contributed by atoms with Crippen LogP contribution < -0.4 is 4.72 Å². The molecule has 78 valence electrons. The van der Waals surface area contributed by atoms with Gasteiger partial charge in [0.15, 0.2) is 0 Å². The van der Waals surface area contributed by atoms with E-state index in [0.29, 0.717) is 5.75 Å². The molecule has 0 aliphatic carbocycles. The highest BCUT2D eigenvalue weighted by atomic mass is 79.9. The Kier molecular flexibility index (Phi) is 2.86. The smallest absolute Gasteiger partial charge is 0.0547 e. The molecule has 2 rings (SSSR count). The highest BCUT2D eigenvalue weighted by Crippen LogP contribution is 2.47. The molecule has 1 aliphatic heterocycles. The molecule has 3 nitrogen and oxygen atoms in total. The molecule has 14 heavy (non-hydrogen) atoms. The van der Waals surface area contributed by atoms with E-state index in [0.717, 1.165) is 16.5 Å². The molecule has 1 aliphatic rings. The molecular weight excluding hydrogens is 266 g/mol. The van der Waals surface area contributed by atoms with Gasteiger partial charge in [0.1, 0.15) is 0 Å². The summed E-state index contributed by atoms with van der Waals surface area (Å²) >= 11 is 3.45. The Morgan fingerprint density at radius 2 is 2.07 bits per heavy atom. The molecule has 1 aromatic carbocycles. The first-order valence-corrected chi connectivity index (χ1v) is 6.87. The van der Waals surface area contributed by atoms with Gasteiger partial charge < -0.3 is 0 Å². The van der Waals surface area contributed by atoms with E-state index >= 15 is 0 Å². The minimum atomic E-state index is -2.53. The summed E-state index contributed by atoms with van der Waals surface area (Å²) in [6.45, 7) is 0. The summed E-state index contributed by atoms with van der Waals surface area (Å²) in [5.41, 5.74) is 1.09. The molecule has 1 saturated heterocycles. The fraction of sp³-hybridized carbons (Fsp3) is 0.333. The van der Waals surface area contributed by atoms with Gasteiger partial charge >= 0.3 is 0 Å². The highest BCUT2D eigenvalue weighted by molar-refractivity contribution is 9.10. The third-order valence-electron chi connectivity index (χ3n) is 2.30. The van der Waals surface area contributed by atoms with Crippen molar-refractivity contribution in [1.82, 2.24) is 4.72 Å². The lowest BCUT2D eigenvalue weighted by molar-refractivity contribution is 0.478. The maximum Gasteiger partial charge on any atom is 0.0547 e. The van der Waals surface area contributed by atoms with Crippen LogP contribution in [0.3, 0.4) is 0 Å². The number of nitrogens with one attached hydrogen (secondary N) is 1. The van der Waals surface area contributed by atoms with Crippen molar-refractivity contribution in [3.8, 4) is 0 Å². The SMILES string of the molecule is OS1(O)CCC(c2ccccc2Br)N1. The molecule has 0 spiro atoms. The van der Waals surface area contributed by atoms with Crippen LogP contribution in [-0.2, 0) is 0 Å². The van der Waals surface area contributed by atoms with Crippen LogP contribution in [-0.4, -0.2) is 14.9 Å². The lowest BCUT2D eigenvalue weighted by Gasteiger charge is -2.27. The number of hydrogen-bond donors (Lipinski definition) is 3. The van der Waals surface area contributed by atoms with E-state index in [2.05, 4.69) is 20.7 Å². The lowest BCUT2D eigenvalue weighted by atomic mass is 10.1. The average Bonchev–Trinajstić information content (AvgIpc) is 2.47. The third-order valence-corrected chi connectivity index (χ3v) is 4.49. The molecule has 0 saturated carbocycles. The molecule has 1 unspecified atom stereocenters. The lowest BCUT2D eigenvalue weighted by Crippen LogP contribution is -2.16. The molecular formula is C9H12BrNO2S. The van der Waals surface area contributed by atoms with Gasteiger partial charge in [0.05, 0.1) is 11.8 Å². The molecule has 1 heterocycles. The van der Waals surface area contributed by atoms with E-state index < -0.39 is 10.8 Å². The maximum absolute atomic E-state index is 9.43. The monoisotopic (exact) mass is 277 g/mol. The standard InChI is InChI=1S/C9H12BrNO2S/c10-8-4-2-1-3-7(8)9-5-6-14(12,13)11-9/h1-4,9,11-13H,5-6H2. The minimum absolute atomic E-state index is 0.0515. The van der Waals surface area contributed by atoms with Crippen LogP contribution in [0.2, 0.25) is 0 Å². The van der Waals surface area contributed by atoms with Gasteiger partial charge in [0, 0.05) is 4.47 Å². The van der Waals surface area contributed by atoms with Crippen molar-refractivity contribution < 1.29 is 9.11 Å². The Labute approximate surface area is 93.1 Å². The summed E-state index contributed by atoms with van der Waals surface area (Å²) in [6.07, 6.45) is 0.769. The quantitative estimate of drug-likeness (QED) is 0.739. The highest BCUT2D eigenvalue weighted by Gasteiger charge is 2.29. The van der Waals surface area contributed by atoms with E-state index in [4.69, 9.17) is 0 Å². The first-order chi connectivity index (χ1) is 6.58. The first-order valence-electron chi connectivity index (χ1n) is 4.36. The van der Waals surface area contributed by atoms with Crippen molar-refractivity contribution in [3.63, 3.8) is 0 Å². The Morgan fingerprint density at radius 1 is 1.36 bits per heavy atom. The molecule has 5 heteroatoms. The molecule has 0 amide bonds. The summed E-state index contributed by atoms with van der Waals surface area (Å²) in [5.74, 6) is 0.443. The molecule has 0 aromatic heterocycles. The predicted molar refractivity (Wildman–Crippen MR) is 62.4 cm³/mol. The molecule has 1 fully saturated rings. The van der Waals surface area contributed by atoms with E-state index in [1.54, 1.807) is 0 Å². The van der Waals surface area contributed by atoms with Crippen LogP contribution in [0.15, 0.2) is 28.7 Å². The molecule has 1 atom stereocenters. The van der Waals surface area contributed by atoms with E-state index in [-0.39, 0.29) is 6.04 Å². The Hall–Kier alpha value is -0.0700. The molecule has 0 bridgehead atoms. The van der Waals surface area contributed by atoms with E-state index in [9.17, 15) is 9.11 Å². The van der Waals surface area contributed by atoms with Gasteiger partial charge in [-0.1, -0.05) is 34.1 Å². The van der Waals surface area contributed by atoms with E-state index in [1.165, 1.54) is 0 Å². The van der Waals surface area contributed by atoms with Gasteiger partial charge in [-0.05, 0) is 18.1 Å². The van der Waals surface area contributed by atoms with Crippen LogP contribution >= 0.6 is 26.7 Å². The Bertz CT molecular complexity index is 345. The van der Waals surface area contributed by atoms with Crippen LogP contribution in [0.4, 0.5) is 0 Å². The van der Waals surface area contributed by atoms with Crippen LogP contribution in [0.25, 0.3) is 0 Å². The summed E-state index contributed by atoms with van der Waals surface area (Å²) < 4.78 is 22.7. The normalized spacial score (nSPS) is 27.5. The van der Waals surface area contributed by atoms with Crippen molar-refractivity contribution in [2.24, 2.45) is 0 Å². The fourth-order valence-corrected chi connectivity index (χ4v) is 3.55. The van der Waals surface area contributed by atoms with Gasteiger partial charge in [-0.25, -0.2) is 4.72 Å². The van der Waals surface area contributed by atoms with Crippen LogP contribution in [0, 0.1) is 0 Å². The second kappa shape index (κ2) is 3.83. The summed E-state index contributed by atoms with van der Waals surface area (Å²) in [6, 6.07) is 7.89. The minimum Gasteiger partial charge on any atom is -0.286 e. The largest absolute Gasteiger partial charge is 0.286 e. The van der Waals surface area contributed by atoms with Crippen LogP contribution in [0.1, 0.15) is 18.0 Å². The van der Waals surface area contributed by atoms with Crippen molar-refractivity contribution in [1.29, 1.82) is 0 Å². The van der Waals surface area contributed by atoms with Crippen molar-refractivity contribution in [3.05, 3.63) is 34.3 Å². The second-order valence-corrected chi connectivity index (χ2v) is 6.18. The molecule has 1 aromatic rings. The van der Waals surface area contributed by atoms with E-state index in [1.807, 2.05) is 24.3 Å². The number of halogens is 1. The number of rotatable bonds is 1. The maximum atomic E-state index is 9.43. The fourth-order valence-electron chi connectivity index (χ4n) is 1.60. The van der Waals surface area contributed by atoms with Gasteiger partial charge in [-0.2, -0.15) is 0 Å². The van der Waals surface area contributed by atoms with Gasteiger partial charge in [0.25, 0.3) is 0 Å². The van der Waals surface area contributed by atoms with Gasteiger partial charge in [-0.3, -0.25) is 9.11 Å².